The molecule has 0 spiro atoms. The molecule has 128 valence electrons. The molecule has 0 radical (unpaired) electrons. The molecule has 9 heteroatoms. The van der Waals surface area contributed by atoms with Crippen LogP contribution in [0, 0.1) is 5.82 Å². The average molecular weight is 367 g/mol. The second-order valence-corrected chi connectivity index (χ2v) is 5.79. The Bertz CT molecular complexity index is 889. The van der Waals surface area contributed by atoms with Gasteiger partial charge in [0.1, 0.15) is 11.5 Å². The van der Waals surface area contributed by atoms with Crippen molar-refractivity contribution in [1.29, 1.82) is 0 Å². The molecule has 0 saturated carbocycles. The van der Waals surface area contributed by atoms with Crippen LogP contribution in [0.1, 0.15) is 16.1 Å². The third-order valence-electron chi connectivity index (χ3n) is 3.18. The Morgan fingerprint density at radius 1 is 1.08 bits per heavy atom. The van der Waals surface area contributed by atoms with Gasteiger partial charge in [0.2, 0.25) is 0 Å². The van der Waals surface area contributed by atoms with Gasteiger partial charge in [0.15, 0.2) is 5.13 Å². The van der Waals surface area contributed by atoms with Crippen molar-refractivity contribution in [2.24, 2.45) is 0 Å². The van der Waals surface area contributed by atoms with Gasteiger partial charge < -0.3 is 0 Å². The highest BCUT2D eigenvalue weighted by molar-refractivity contribution is 7.14. The second-order valence-electron chi connectivity index (χ2n) is 4.93. The number of nitrogens with zero attached hydrogens (tertiary/aromatic N) is 2. The molecule has 0 unspecified atom stereocenters. The second kappa shape index (κ2) is 6.60. The van der Waals surface area contributed by atoms with E-state index in [0.29, 0.717) is 11.3 Å². The number of alkyl halides is 3. The smallest absolute Gasteiger partial charge is 0.298 e. The van der Waals surface area contributed by atoms with Crippen molar-refractivity contribution in [2.45, 2.75) is 6.18 Å². The van der Waals surface area contributed by atoms with Crippen LogP contribution in [0.3, 0.4) is 0 Å². The molecule has 0 atom stereocenters. The maximum atomic E-state index is 12.9. The number of benzene rings is 1. The first-order chi connectivity index (χ1) is 11.8. The summed E-state index contributed by atoms with van der Waals surface area (Å²) < 4.78 is 50.3. The first kappa shape index (κ1) is 17.0. The lowest BCUT2D eigenvalue weighted by Crippen LogP contribution is -2.14. The van der Waals surface area contributed by atoms with E-state index in [1.807, 2.05) is 0 Å². The van der Waals surface area contributed by atoms with Gasteiger partial charge in [-0.1, -0.05) is 0 Å². The average Bonchev–Trinajstić information content (AvgIpc) is 3.03. The Morgan fingerprint density at radius 2 is 1.80 bits per heavy atom. The number of nitrogens with one attached hydrogen (secondary N) is 1. The van der Waals surface area contributed by atoms with Gasteiger partial charge in [0.25, 0.3) is 5.91 Å². The summed E-state index contributed by atoms with van der Waals surface area (Å²) in [6, 6.07) is 7.47. The number of hydrogen-bond acceptors (Lipinski definition) is 4. The maximum Gasteiger partial charge on any atom is 0.433 e. The van der Waals surface area contributed by atoms with Gasteiger partial charge in [-0.2, -0.15) is 13.2 Å². The highest BCUT2D eigenvalue weighted by Crippen LogP contribution is 2.28. The van der Waals surface area contributed by atoms with Crippen LogP contribution >= 0.6 is 11.3 Å². The molecular weight excluding hydrogens is 358 g/mol. The molecule has 3 aromatic rings. The minimum absolute atomic E-state index is 0.0217. The van der Waals surface area contributed by atoms with Crippen LogP contribution in [-0.4, -0.2) is 15.9 Å². The zero-order chi connectivity index (χ0) is 18.0. The van der Waals surface area contributed by atoms with Gasteiger partial charge >= 0.3 is 6.18 Å². The molecular formula is C16H9F4N3OS. The molecule has 4 nitrogen and oxygen atoms in total. The Labute approximate surface area is 143 Å². The van der Waals surface area contributed by atoms with Gasteiger partial charge in [-0.3, -0.25) is 15.1 Å². The first-order valence-corrected chi connectivity index (χ1v) is 7.77. The number of thiazole rings is 1. The Kier molecular flexibility index (Phi) is 4.49. The quantitative estimate of drug-likeness (QED) is 0.688. The molecule has 0 bridgehead atoms. The van der Waals surface area contributed by atoms with E-state index >= 15 is 0 Å². The number of pyridine rings is 1. The Balaban J connectivity index is 1.72. The number of rotatable bonds is 3. The lowest BCUT2D eigenvalue weighted by atomic mass is 10.2. The van der Waals surface area contributed by atoms with Gasteiger partial charge in [0.05, 0.1) is 11.3 Å². The largest absolute Gasteiger partial charge is 0.433 e. The topological polar surface area (TPSA) is 54.9 Å². The first-order valence-electron chi connectivity index (χ1n) is 6.89. The zero-order valence-electron chi connectivity index (χ0n) is 12.3. The van der Waals surface area contributed by atoms with Crippen LogP contribution < -0.4 is 5.32 Å². The van der Waals surface area contributed by atoms with Gasteiger partial charge in [0, 0.05) is 17.1 Å². The molecule has 0 aliphatic rings. The maximum absolute atomic E-state index is 12.9. The van der Waals surface area contributed by atoms with E-state index in [0.717, 1.165) is 29.7 Å². The summed E-state index contributed by atoms with van der Waals surface area (Å²) >= 11 is 1.14. The summed E-state index contributed by atoms with van der Waals surface area (Å²) in [7, 11) is 0. The molecule has 2 heterocycles. The monoisotopic (exact) mass is 367 g/mol. The highest BCUT2D eigenvalue weighted by atomic mass is 32.1. The van der Waals surface area contributed by atoms with Gasteiger partial charge in [-0.15, -0.1) is 11.3 Å². The minimum atomic E-state index is -4.56. The zero-order valence-corrected chi connectivity index (χ0v) is 13.2. The number of carbonyl (C=O) groups is 1. The molecule has 0 fully saturated rings. The number of halogens is 4. The SMILES string of the molecule is O=C(Nc1nc(-c2ccc(F)cc2)cs1)c1ccc(C(F)(F)F)nc1. The number of hydrogen-bond donors (Lipinski definition) is 1. The van der Waals surface area contributed by atoms with Crippen molar-refractivity contribution in [2.75, 3.05) is 5.32 Å². The molecule has 1 amide bonds. The van der Waals surface area contributed by atoms with Crippen molar-refractivity contribution < 1.29 is 22.4 Å². The van der Waals surface area contributed by atoms with E-state index in [1.165, 1.54) is 12.1 Å². The third-order valence-corrected chi connectivity index (χ3v) is 3.94. The number of aromatic nitrogens is 2. The molecule has 3 rings (SSSR count). The van der Waals surface area contributed by atoms with Crippen LogP contribution in [0.5, 0.6) is 0 Å². The van der Waals surface area contributed by atoms with Crippen LogP contribution in [-0.2, 0) is 6.18 Å². The lowest BCUT2D eigenvalue weighted by molar-refractivity contribution is -0.141. The minimum Gasteiger partial charge on any atom is -0.298 e. The summed E-state index contributed by atoms with van der Waals surface area (Å²) in [4.78, 5) is 19.5. The molecule has 1 N–H and O–H groups in total. The van der Waals surface area contributed by atoms with Gasteiger partial charge in [-0.05, 0) is 36.4 Å². The van der Waals surface area contributed by atoms with Crippen LogP contribution in [0.25, 0.3) is 11.3 Å². The molecule has 25 heavy (non-hydrogen) atoms. The summed E-state index contributed by atoms with van der Waals surface area (Å²) in [6.45, 7) is 0. The summed E-state index contributed by atoms with van der Waals surface area (Å²) in [5, 5.41) is 4.43. The number of amides is 1. The normalized spacial score (nSPS) is 11.4. The predicted octanol–water partition coefficient (Wildman–Crippen LogP) is 4.62. The van der Waals surface area contributed by atoms with E-state index in [9.17, 15) is 22.4 Å². The molecule has 2 aromatic heterocycles. The fraction of sp³-hybridized carbons (Fsp3) is 0.0625. The number of carbonyl (C=O) groups excluding carboxylic acids is 1. The summed E-state index contributed by atoms with van der Waals surface area (Å²) in [5.41, 5.74) is 0.128. The number of anilines is 1. The standard InChI is InChI=1S/C16H9F4N3OS/c17-11-4-1-9(2-5-11)12-8-25-15(22-12)23-14(24)10-3-6-13(21-7-10)16(18,19)20/h1-8H,(H,22,23,24). The fourth-order valence-electron chi connectivity index (χ4n) is 1.95. The predicted molar refractivity (Wildman–Crippen MR) is 84.7 cm³/mol. The summed E-state index contributed by atoms with van der Waals surface area (Å²) in [6.07, 6.45) is -3.71. The Morgan fingerprint density at radius 3 is 2.40 bits per heavy atom. The van der Waals surface area contributed by atoms with Crippen LogP contribution in [0.15, 0.2) is 48.0 Å². The Hall–Kier alpha value is -2.81. The van der Waals surface area contributed by atoms with Crippen molar-refractivity contribution in [3.8, 4) is 11.3 Å². The fourth-order valence-corrected chi connectivity index (χ4v) is 2.66. The molecule has 0 aliphatic heterocycles. The molecule has 1 aromatic carbocycles. The van der Waals surface area contributed by atoms with Crippen LogP contribution in [0.4, 0.5) is 22.7 Å². The van der Waals surface area contributed by atoms with Crippen molar-refractivity contribution in [1.82, 2.24) is 9.97 Å². The lowest BCUT2D eigenvalue weighted by Gasteiger charge is -2.06. The highest BCUT2D eigenvalue weighted by Gasteiger charge is 2.32. The third kappa shape index (κ3) is 4.00. The van der Waals surface area contributed by atoms with Crippen molar-refractivity contribution in [3.05, 3.63) is 65.0 Å². The van der Waals surface area contributed by atoms with Crippen molar-refractivity contribution >= 4 is 22.4 Å². The van der Waals surface area contributed by atoms with E-state index in [1.54, 1.807) is 17.5 Å². The van der Waals surface area contributed by atoms with E-state index in [4.69, 9.17) is 0 Å². The van der Waals surface area contributed by atoms with E-state index in [-0.39, 0.29) is 16.5 Å². The van der Waals surface area contributed by atoms with Crippen LogP contribution in [0.2, 0.25) is 0 Å². The van der Waals surface area contributed by atoms with E-state index < -0.39 is 17.8 Å². The molecule has 0 aliphatic carbocycles. The molecule has 0 saturated heterocycles. The summed E-state index contributed by atoms with van der Waals surface area (Å²) in [5.74, 6) is -0.997. The van der Waals surface area contributed by atoms with Gasteiger partial charge in [-0.25, -0.2) is 9.37 Å². The van der Waals surface area contributed by atoms with Crippen molar-refractivity contribution in [3.63, 3.8) is 0 Å². The van der Waals surface area contributed by atoms with E-state index in [2.05, 4.69) is 15.3 Å².